The maximum atomic E-state index is 13.0. The smallest absolute Gasteiger partial charge is 0.308 e. The largest absolute Gasteiger partial charge is 0.465 e. The van der Waals surface area contributed by atoms with Gasteiger partial charge in [-0.05, 0) is 83.8 Å². The molecule has 2 atom stereocenters. The van der Waals surface area contributed by atoms with Crippen LogP contribution in [0.15, 0.2) is 0 Å². The number of esters is 2. The lowest BCUT2D eigenvalue weighted by molar-refractivity contribution is -0.150. The molecule has 0 aliphatic rings. The summed E-state index contributed by atoms with van der Waals surface area (Å²) >= 11 is 0. The molecular weight excluding hydrogens is 755 g/mol. The highest BCUT2D eigenvalue weighted by Crippen LogP contribution is 2.22. The van der Waals surface area contributed by atoms with Gasteiger partial charge in [-0.3, -0.25) is 9.59 Å². The monoisotopic (exact) mass is 866 g/mol. The van der Waals surface area contributed by atoms with Crippen molar-refractivity contribution in [3.63, 3.8) is 0 Å². The molecule has 2 unspecified atom stereocenters. The second kappa shape index (κ2) is 53.2. The SMILES string of the molecule is CCCCCC.CCCCCCCCC(CCCCCC)C(=O)OCCCCCCN(CCCCO)CCCCCCOC(=O)C(CCCCCCC)CCCCCCCC. The Kier molecular flexibility index (Phi) is 54.0. The molecule has 0 aromatic carbocycles. The van der Waals surface area contributed by atoms with Crippen molar-refractivity contribution in [1.82, 2.24) is 4.90 Å². The molecule has 0 heterocycles. The summed E-state index contributed by atoms with van der Waals surface area (Å²) in [6, 6.07) is 0. The van der Waals surface area contributed by atoms with E-state index in [9.17, 15) is 14.7 Å². The van der Waals surface area contributed by atoms with Gasteiger partial charge in [0.25, 0.3) is 0 Å². The Morgan fingerprint density at radius 1 is 0.344 bits per heavy atom. The van der Waals surface area contributed by atoms with E-state index in [0.717, 1.165) is 122 Å². The molecule has 0 spiro atoms. The predicted molar refractivity (Wildman–Crippen MR) is 267 cm³/mol. The quantitative estimate of drug-likeness (QED) is 0.0485. The Morgan fingerprint density at radius 2 is 0.590 bits per heavy atom. The van der Waals surface area contributed by atoms with E-state index < -0.39 is 0 Å². The summed E-state index contributed by atoms with van der Waals surface area (Å²) in [6.07, 6.45) is 46.5. The van der Waals surface area contributed by atoms with Crippen LogP contribution in [0.4, 0.5) is 0 Å². The minimum absolute atomic E-state index is 0.0548. The van der Waals surface area contributed by atoms with Crippen molar-refractivity contribution < 1.29 is 24.2 Å². The number of rotatable bonds is 48. The van der Waals surface area contributed by atoms with Gasteiger partial charge < -0.3 is 19.5 Å². The number of unbranched alkanes of at least 4 members (excludes halogenated alkanes) is 27. The standard InChI is InChI=1S/C49H97NO5.C6H14/c1-5-9-13-17-20-28-38-46(36-26-16-12-8-4)48(52)54-44-34-24-22-30-40-50(42-32-33-43-51)41-31-23-25-35-45-55-49(53)47(37-27-19-15-11-7-3)39-29-21-18-14-10-6-2;1-3-5-6-4-2/h46-47,51H,5-45H2,1-4H3;3-6H2,1-2H3. The molecule has 0 rings (SSSR count). The zero-order valence-corrected chi connectivity index (χ0v) is 42.5. The Hall–Kier alpha value is -1.14. The number of ether oxygens (including phenoxy) is 2. The topological polar surface area (TPSA) is 76.1 Å². The van der Waals surface area contributed by atoms with Gasteiger partial charge in [-0.25, -0.2) is 0 Å². The molecule has 1 N–H and O–H groups in total. The van der Waals surface area contributed by atoms with Gasteiger partial charge in [0, 0.05) is 6.61 Å². The van der Waals surface area contributed by atoms with E-state index >= 15 is 0 Å². The third kappa shape index (κ3) is 46.7. The second-order valence-corrected chi connectivity index (χ2v) is 18.7. The molecule has 366 valence electrons. The summed E-state index contributed by atoms with van der Waals surface area (Å²) in [6.45, 7) is 18.1. The number of hydrogen-bond donors (Lipinski definition) is 1. The van der Waals surface area contributed by atoms with E-state index in [1.165, 1.54) is 148 Å². The highest BCUT2D eigenvalue weighted by Gasteiger charge is 2.20. The Balaban J connectivity index is 0. The van der Waals surface area contributed by atoms with Crippen LogP contribution in [0, 0.1) is 11.8 Å². The van der Waals surface area contributed by atoms with Gasteiger partial charge in [0.15, 0.2) is 0 Å². The summed E-state index contributed by atoms with van der Waals surface area (Å²) in [7, 11) is 0. The van der Waals surface area contributed by atoms with Gasteiger partial charge in [0.2, 0.25) is 0 Å². The lowest BCUT2D eigenvalue weighted by Gasteiger charge is -2.22. The number of aliphatic hydroxyl groups excluding tert-OH is 1. The van der Waals surface area contributed by atoms with Crippen LogP contribution in [0.3, 0.4) is 0 Å². The van der Waals surface area contributed by atoms with E-state index in [2.05, 4.69) is 46.4 Å². The minimum atomic E-state index is 0.0548. The molecule has 0 aromatic heterocycles. The molecule has 0 saturated carbocycles. The first-order valence-electron chi connectivity index (χ1n) is 27.6. The number of hydrogen-bond acceptors (Lipinski definition) is 6. The van der Waals surface area contributed by atoms with Crippen molar-refractivity contribution >= 4 is 11.9 Å². The van der Waals surface area contributed by atoms with Gasteiger partial charge in [-0.15, -0.1) is 0 Å². The lowest BCUT2D eigenvalue weighted by Crippen LogP contribution is -2.27. The van der Waals surface area contributed by atoms with E-state index in [-0.39, 0.29) is 30.4 Å². The molecule has 0 saturated heterocycles. The Bertz CT molecular complexity index is 848. The second-order valence-electron chi connectivity index (χ2n) is 18.7. The molecule has 6 heteroatoms. The van der Waals surface area contributed by atoms with Gasteiger partial charge in [0.05, 0.1) is 25.0 Å². The van der Waals surface area contributed by atoms with Crippen LogP contribution in [0.5, 0.6) is 0 Å². The fourth-order valence-corrected chi connectivity index (χ4v) is 8.36. The van der Waals surface area contributed by atoms with Crippen LogP contribution in [-0.2, 0) is 19.1 Å². The zero-order chi connectivity index (χ0) is 45.1. The van der Waals surface area contributed by atoms with Crippen LogP contribution >= 0.6 is 0 Å². The molecule has 0 bridgehead atoms. The number of nitrogens with zero attached hydrogens (tertiary/aromatic N) is 1. The zero-order valence-electron chi connectivity index (χ0n) is 42.5. The van der Waals surface area contributed by atoms with Crippen LogP contribution in [0.25, 0.3) is 0 Å². The van der Waals surface area contributed by atoms with Crippen LogP contribution < -0.4 is 0 Å². The Labute approximate surface area is 383 Å². The first-order valence-corrected chi connectivity index (χ1v) is 27.6. The van der Waals surface area contributed by atoms with Crippen molar-refractivity contribution in [2.24, 2.45) is 11.8 Å². The highest BCUT2D eigenvalue weighted by molar-refractivity contribution is 5.72. The fourth-order valence-electron chi connectivity index (χ4n) is 8.36. The number of aliphatic hydroxyl groups is 1. The van der Waals surface area contributed by atoms with Crippen LogP contribution in [0.2, 0.25) is 0 Å². The summed E-state index contributed by atoms with van der Waals surface area (Å²) in [5.41, 5.74) is 0. The van der Waals surface area contributed by atoms with E-state index in [1.807, 2.05) is 0 Å². The van der Waals surface area contributed by atoms with Crippen molar-refractivity contribution in [2.45, 2.75) is 292 Å². The van der Waals surface area contributed by atoms with Gasteiger partial charge in [0.1, 0.15) is 0 Å². The van der Waals surface area contributed by atoms with Crippen molar-refractivity contribution in [2.75, 3.05) is 39.5 Å². The average molecular weight is 866 g/mol. The third-order valence-electron chi connectivity index (χ3n) is 12.6. The van der Waals surface area contributed by atoms with Gasteiger partial charge in [-0.1, -0.05) is 228 Å². The van der Waals surface area contributed by atoms with Crippen molar-refractivity contribution in [1.29, 1.82) is 0 Å². The maximum absolute atomic E-state index is 13.0. The summed E-state index contributed by atoms with van der Waals surface area (Å²) in [5.74, 6) is 0.293. The van der Waals surface area contributed by atoms with E-state index in [0.29, 0.717) is 13.2 Å². The van der Waals surface area contributed by atoms with Crippen LogP contribution in [0.1, 0.15) is 292 Å². The third-order valence-corrected chi connectivity index (χ3v) is 12.6. The Morgan fingerprint density at radius 3 is 0.918 bits per heavy atom. The first-order chi connectivity index (χ1) is 29.9. The fraction of sp³-hybridized carbons (Fsp3) is 0.964. The highest BCUT2D eigenvalue weighted by atomic mass is 16.5. The van der Waals surface area contributed by atoms with Crippen molar-refractivity contribution in [3.05, 3.63) is 0 Å². The normalized spacial score (nSPS) is 12.3. The summed E-state index contributed by atoms with van der Waals surface area (Å²) in [5, 5.41) is 9.33. The van der Waals surface area contributed by atoms with E-state index in [4.69, 9.17) is 9.47 Å². The first kappa shape index (κ1) is 61.9. The summed E-state index contributed by atoms with van der Waals surface area (Å²) in [4.78, 5) is 28.6. The molecule has 0 fully saturated rings. The molecule has 0 aromatic rings. The van der Waals surface area contributed by atoms with Gasteiger partial charge in [-0.2, -0.15) is 0 Å². The molecule has 61 heavy (non-hydrogen) atoms. The molecular formula is C55H111NO5. The number of carbonyl (C=O) groups excluding carboxylic acids is 2. The predicted octanol–water partition coefficient (Wildman–Crippen LogP) is 16.9. The average Bonchev–Trinajstić information content (AvgIpc) is 3.26. The van der Waals surface area contributed by atoms with Crippen LogP contribution in [-0.4, -0.2) is 61.4 Å². The summed E-state index contributed by atoms with van der Waals surface area (Å²) < 4.78 is 11.7. The lowest BCUT2D eigenvalue weighted by atomic mass is 9.94. The maximum Gasteiger partial charge on any atom is 0.308 e. The number of carbonyl (C=O) groups is 2. The van der Waals surface area contributed by atoms with Crippen molar-refractivity contribution in [3.8, 4) is 0 Å². The molecule has 0 aliphatic carbocycles. The molecule has 0 amide bonds. The minimum Gasteiger partial charge on any atom is -0.465 e. The van der Waals surface area contributed by atoms with E-state index in [1.54, 1.807) is 0 Å². The van der Waals surface area contributed by atoms with Gasteiger partial charge >= 0.3 is 11.9 Å². The molecule has 0 aliphatic heterocycles. The molecule has 0 radical (unpaired) electrons. The molecule has 6 nitrogen and oxygen atoms in total.